The monoisotopic (exact) mass is 464 g/mol. The second kappa shape index (κ2) is 9.72. The van der Waals surface area contributed by atoms with Crippen LogP contribution in [0.2, 0.25) is 5.02 Å². The third kappa shape index (κ3) is 5.38. The Hall–Kier alpha value is -3.55. The van der Waals surface area contributed by atoms with Crippen molar-refractivity contribution in [1.29, 1.82) is 0 Å². The summed E-state index contributed by atoms with van der Waals surface area (Å²) in [6, 6.07) is 21.2. The SMILES string of the molecule is O=C1NC(=Nc2ccccc2C(=O)O)SC1=Cc1ccc(OCc2ccc(Cl)cc2)cc1. The van der Waals surface area contributed by atoms with Gasteiger partial charge in [-0.05, 0) is 65.4 Å². The average Bonchev–Trinajstić information content (AvgIpc) is 3.13. The van der Waals surface area contributed by atoms with Gasteiger partial charge in [-0.2, -0.15) is 0 Å². The fraction of sp³-hybridized carbons (Fsp3) is 0.0417. The number of amidine groups is 1. The molecular formula is C24H17ClN2O4S. The first-order chi connectivity index (χ1) is 15.5. The number of aliphatic imine (C=N–C) groups is 1. The lowest BCUT2D eigenvalue weighted by Gasteiger charge is -2.06. The number of nitrogens with one attached hydrogen (secondary N) is 1. The third-order valence-corrected chi connectivity index (χ3v) is 5.67. The Balaban J connectivity index is 1.43. The lowest BCUT2D eigenvalue weighted by Crippen LogP contribution is -2.19. The summed E-state index contributed by atoms with van der Waals surface area (Å²) in [7, 11) is 0. The number of carbonyl (C=O) groups is 2. The zero-order valence-corrected chi connectivity index (χ0v) is 18.2. The van der Waals surface area contributed by atoms with Crippen molar-refractivity contribution in [3.8, 4) is 5.75 Å². The first-order valence-corrected chi connectivity index (χ1v) is 10.8. The molecule has 1 amide bonds. The molecule has 8 heteroatoms. The van der Waals surface area contributed by atoms with Gasteiger partial charge in [0.25, 0.3) is 5.91 Å². The quantitative estimate of drug-likeness (QED) is 0.470. The Kier molecular flexibility index (Phi) is 6.58. The first-order valence-electron chi connectivity index (χ1n) is 9.57. The summed E-state index contributed by atoms with van der Waals surface area (Å²) in [5, 5.41) is 13.0. The number of hydrogen-bond donors (Lipinski definition) is 2. The smallest absolute Gasteiger partial charge is 0.337 e. The molecule has 0 aliphatic carbocycles. The topological polar surface area (TPSA) is 88.0 Å². The number of rotatable bonds is 6. The molecule has 1 saturated heterocycles. The lowest BCUT2D eigenvalue weighted by atomic mass is 10.2. The van der Waals surface area contributed by atoms with Crippen molar-refractivity contribution in [2.45, 2.75) is 6.61 Å². The van der Waals surface area contributed by atoms with Crippen LogP contribution in [0.3, 0.4) is 0 Å². The molecule has 0 saturated carbocycles. The molecule has 0 spiro atoms. The number of carbonyl (C=O) groups excluding carboxylic acids is 1. The number of carboxylic acids is 1. The van der Waals surface area contributed by atoms with Gasteiger partial charge in [0.2, 0.25) is 0 Å². The van der Waals surface area contributed by atoms with E-state index in [0.717, 1.165) is 22.9 Å². The average molecular weight is 465 g/mol. The minimum atomic E-state index is -1.08. The van der Waals surface area contributed by atoms with Gasteiger partial charge in [-0.1, -0.05) is 48.0 Å². The normalized spacial score (nSPS) is 15.7. The van der Waals surface area contributed by atoms with Crippen molar-refractivity contribution in [3.05, 3.63) is 99.4 Å². The fourth-order valence-corrected chi connectivity index (χ4v) is 3.86. The molecule has 6 nitrogen and oxygen atoms in total. The maximum absolute atomic E-state index is 12.3. The van der Waals surface area contributed by atoms with Crippen molar-refractivity contribution in [3.63, 3.8) is 0 Å². The molecule has 4 rings (SSSR count). The maximum Gasteiger partial charge on any atom is 0.337 e. The van der Waals surface area contributed by atoms with E-state index < -0.39 is 5.97 Å². The molecule has 0 bridgehead atoms. The summed E-state index contributed by atoms with van der Waals surface area (Å²) in [6.07, 6.45) is 1.74. The van der Waals surface area contributed by atoms with E-state index in [0.29, 0.717) is 27.5 Å². The lowest BCUT2D eigenvalue weighted by molar-refractivity contribution is -0.115. The van der Waals surface area contributed by atoms with Gasteiger partial charge in [0.05, 0.1) is 16.2 Å². The Morgan fingerprint density at radius 3 is 2.50 bits per heavy atom. The number of ether oxygens (including phenoxy) is 1. The molecule has 3 aromatic rings. The Labute approximate surface area is 193 Å². The predicted molar refractivity (Wildman–Crippen MR) is 126 cm³/mol. The Morgan fingerprint density at radius 1 is 1.06 bits per heavy atom. The highest BCUT2D eigenvalue weighted by Gasteiger charge is 2.24. The van der Waals surface area contributed by atoms with Crippen LogP contribution in [0.25, 0.3) is 6.08 Å². The number of aromatic carboxylic acids is 1. The van der Waals surface area contributed by atoms with Gasteiger partial charge >= 0.3 is 5.97 Å². The molecule has 32 heavy (non-hydrogen) atoms. The summed E-state index contributed by atoms with van der Waals surface area (Å²) >= 11 is 7.05. The minimum Gasteiger partial charge on any atom is -0.489 e. The van der Waals surface area contributed by atoms with Crippen LogP contribution in [0.5, 0.6) is 5.75 Å². The van der Waals surface area contributed by atoms with Crippen molar-refractivity contribution in [2.75, 3.05) is 0 Å². The predicted octanol–water partition coefficient (Wildman–Crippen LogP) is 5.51. The van der Waals surface area contributed by atoms with Crippen molar-refractivity contribution in [1.82, 2.24) is 5.32 Å². The molecule has 2 N–H and O–H groups in total. The maximum atomic E-state index is 12.3. The van der Waals surface area contributed by atoms with E-state index in [4.69, 9.17) is 16.3 Å². The number of para-hydroxylation sites is 1. The molecule has 160 valence electrons. The molecule has 0 unspecified atom stereocenters. The Bertz CT molecular complexity index is 1220. The van der Waals surface area contributed by atoms with Crippen LogP contribution < -0.4 is 10.1 Å². The van der Waals surface area contributed by atoms with Gasteiger partial charge in [-0.25, -0.2) is 9.79 Å². The van der Waals surface area contributed by atoms with Crippen LogP contribution >= 0.6 is 23.4 Å². The van der Waals surface area contributed by atoms with Gasteiger partial charge in [0.15, 0.2) is 5.17 Å². The van der Waals surface area contributed by atoms with E-state index in [-0.39, 0.29) is 17.2 Å². The molecule has 3 aromatic carbocycles. The Morgan fingerprint density at radius 2 is 1.78 bits per heavy atom. The molecule has 1 heterocycles. The number of amides is 1. The molecular weight excluding hydrogens is 448 g/mol. The zero-order chi connectivity index (χ0) is 22.5. The van der Waals surface area contributed by atoms with Crippen molar-refractivity contribution in [2.24, 2.45) is 4.99 Å². The number of nitrogens with zero attached hydrogens (tertiary/aromatic N) is 1. The van der Waals surface area contributed by atoms with E-state index in [9.17, 15) is 14.7 Å². The molecule has 1 aliphatic heterocycles. The molecule has 0 atom stereocenters. The van der Waals surface area contributed by atoms with Crippen LogP contribution in [0, 0.1) is 0 Å². The van der Waals surface area contributed by atoms with Gasteiger partial charge in [-0.3, -0.25) is 4.79 Å². The minimum absolute atomic E-state index is 0.0708. The van der Waals surface area contributed by atoms with E-state index in [1.165, 1.54) is 6.07 Å². The zero-order valence-electron chi connectivity index (χ0n) is 16.6. The number of benzene rings is 3. The molecule has 0 aromatic heterocycles. The third-order valence-electron chi connectivity index (χ3n) is 4.50. The summed E-state index contributed by atoms with van der Waals surface area (Å²) in [4.78, 5) is 28.4. The summed E-state index contributed by atoms with van der Waals surface area (Å²) < 4.78 is 5.78. The standard InChI is InChI=1S/C24H17ClN2O4S/c25-17-9-5-16(6-10-17)14-31-18-11-7-15(8-12-18)13-21-22(28)27-24(32-21)26-20-4-2-1-3-19(20)23(29)30/h1-13H,14H2,(H,29,30)(H,26,27,28). The molecule has 1 aliphatic rings. The fourth-order valence-electron chi connectivity index (χ4n) is 2.90. The van der Waals surface area contributed by atoms with E-state index in [2.05, 4.69) is 10.3 Å². The second-order valence-corrected chi connectivity index (χ2v) is 8.26. The van der Waals surface area contributed by atoms with E-state index in [1.807, 2.05) is 48.5 Å². The van der Waals surface area contributed by atoms with Gasteiger partial charge in [-0.15, -0.1) is 0 Å². The number of hydrogen-bond acceptors (Lipinski definition) is 5. The highest BCUT2D eigenvalue weighted by atomic mass is 35.5. The highest BCUT2D eigenvalue weighted by molar-refractivity contribution is 8.18. The van der Waals surface area contributed by atoms with E-state index >= 15 is 0 Å². The van der Waals surface area contributed by atoms with Crippen LogP contribution in [0.4, 0.5) is 5.69 Å². The van der Waals surface area contributed by atoms with Gasteiger partial charge in [0, 0.05) is 5.02 Å². The largest absolute Gasteiger partial charge is 0.489 e. The summed E-state index contributed by atoms with van der Waals surface area (Å²) in [5.41, 5.74) is 2.19. The van der Waals surface area contributed by atoms with Crippen LogP contribution in [0.1, 0.15) is 21.5 Å². The van der Waals surface area contributed by atoms with Gasteiger partial charge in [0.1, 0.15) is 12.4 Å². The summed E-state index contributed by atoms with van der Waals surface area (Å²) in [5.74, 6) is -0.656. The first kappa shape index (κ1) is 21.7. The highest BCUT2D eigenvalue weighted by Crippen LogP contribution is 2.29. The number of halogens is 1. The van der Waals surface area contributed by atoms with Crippen LogP contribution in [-0.4, -0.2) is 22.2 Å². The molecule has 1 fully saturated rings. The number of thioether (sulfide) groups is 1. The van der Waals surface area contributed by atoms with Crippen LogP contribution in [0.15, 0.2) is 82.7 Å². The van der Waals surface area contributed by atoms with Crippen molar-refractivity contribution < 1.29 is 19.4 Å². The van der Waals surface area contributed by atoms with E-state index in [1.54, 1.807) is 24.3 Å². The number of carboxylic acid groups (broad SMARTS) is 1. The molecule has 0 radical (unpaired) electrons. The summed E-state index contributed by atoms with van der Waals surface area (Å²) in [6.45, 7) is 0.424. The van der Waals surface area contributed by atoms with Gasteiger partial charge < -0.3 is 15.2 Å². The van der Waals surface area contributed by atoms with Crippen molar-refractivity contribution >= 4 is 52.2 Å². The second-order valence-electron chi connectivity index (χ2n) is 6.79. The van der Waals surface area contributed by atoms with Crippen LogP contribution in [-0.2, 0) is 11.4 Å².